The van der Waals surface area contributed by atoms with Crippen LogP contribution in [0.3, 0.4) is 0 Å². The topological polar surface area (TPSA) is 15.3 Å². The van der Waals surface area contributed by atoms with Gasteiger partial charge in [0.15, 0.2) is 0 Å². The third kappa shape index (κ3) is 2.49. The molecule has 1 unspecified atom stereocenters. The summed E-state index contributed by atoms with van der Waals surface area (Å²) in [4.78, 5) is 2.14. The van der Waals surface area contributed by atoms with Crippen molar-refractivity contribution in [1.82, 2.24) is 0 Å². The van der Waals surface area contributed by atoms with Gasteiger partial charge >= 0.3 is 0 Å². The first-order chi connectivity index (χ1) is 7.58. The fraction of sp³-hybridized carbons (Fsp3) is 0.571. The molecule has 1 N–H and O–H groups in total. The molecule has 1 aliphatic carbocycles. The molecule has 0 aliphatic heterocycles. The summed E-state index contributed by atoms with van der Waals surface area (Å²) in [5.41, 5.74) is 3.88. The Hall–Kier alpha value is -1.18. The van der Waals surface area contributed by atoms with Gasteiger partial charge in [-0.3, -0.25) is 0 Å². The van der Waals surface area contributed by atoms with Crippen LogP contribution < -0.4 is 10.2 Å². The van der Waals surface area contributed by atoms with Gasteiger partial charge in [0.25, 0.3) is 0 Å². The number of rotatable bonds is 4. The first-order valence-corrected chi connectivity index (χ1v) is 6.12. The largest absolute Gasteiger partial charge is 0.382 e. The highest BCUT2D eigenvalue weighted by molar-refractivity contribution is 5.60. The monoisotopic (exact) mass is 218 g/mol. The Balaban J connectivity index is 2.09. The Bertz CT molecular complexity index is 367. The summed E-state index contributed by atoms with van der Waals surface area (Å²) < 4.78 is 0. The second-order valence-electron chi connectivity index (χ2n) is 5.16. The van der Waals surface area contributed by atoms with Crippen molar-refractivity contribution >= 4 is 11.4 Å². The molecule has 0 aromatic heterocycles. The summed E-state index contributed by atoms with van der Waals surface area (Å²) in [5.74, 6) is 0.896. The summed E-state index contributed by atoms with van der Waals surface area (Å²) in [6, 6.07) is 7.23. The molecule has 2 nitrogen and oxygen atoms in total. The van der Waals surface area contributed by atoms with Gasteiger partial charge in [-0.1, -0.05) is 0 Å². The van der Waals surface area contributed by atoms with Crippen LogP contribution in [0.25, 0.3) is 0 Å². The second kappa shape index (κ2) is 4.36. The summed E-state index contributed by atoms with van der Waals surface area (Å²) in [6.45, 7) is 4.46. The van der Waals surface area contributed by atoms with Crippen molar-refractivity contribution in [3.63, 3.8) is 0 Å². The fourth-order valence-corrected chi connectivity index (χ4v) is 2.05. The lowest BCUT2D eigenvalue weighted by Gasteiger charge is -2.19. The standard InChI is InChI=1S/C14H22N2/c1-10-9-13(16(3)4)7-8-14(10)15-11(2)12-5-6-12/h7-9,11-12,15H,5-6H2,1-4H3. The van der Waals surface area contributed by atoms with E-state index in [0.717, 1.165) is 5.92 Å². The molecule has 88 valence electrons. The van der Waals surface area contributed by atoms with E-state index in [1.165, 1.54) is 29.8 Å². The zero-order valence-electron chi connectivity index (χ0n) is 10.7. The Morgan fingerprint density at radius 1 is 1.31 bits per heavy atom. The van der Waals surface area contributed by atoms with Gasteiger partial charge < -0.3 is 10.2 Å². The third-order valence-corrected chi connectivity index (χ3v) is 3.44. The van der Waals surface area contributed by atoms with Gasteiger partial charge in [-0.25, -0.2) is 0 Å². The fourth-order valence-electron chi connectivity index (χ4n) is 2.05. The molecular weight excluding hydrogens is 196 g/mol. The van der Waals surface area contributed by atoms with E-state index in [0.29, 0.717) is 6.04 Å². The van der Waals surface area contributed by atoms with E-state index >= 15 is 0 Å². The molecule has 1 aromatic carbocycles. The second-order valence-corrected chi connectivity index (χ2v) is 5.16. The highest BCUT2D eigenvalue weighted by Gasteiger charge is 2.27. The average molecular weight is 218 g/mol. The number of nitrogens with one attached hydrogen (secondary N) is 1. The van der Waals surface area contributed by atoms with Crippen LogP contribution in [-0.4, -0.2) is 20.1 Å². The van der Waals surface area contributed by atoms with Crippen LogP contribution in [0.15, 0.2) is 18.2 Å². The van der Waals surface area contributed by atoms with Crippen LogP contribution in [0.4, 0.5) is 11.4 Å². The van der Waals surface area contributed by atoms with E-state index < -0.39 is 0 Å². The molecule has 1 aliphatic rings. The van der Waals surface area contributed by atoms with E-state index in [1.54, 1.807) is 0 Å². The lowest BCUT2D eigenvalue weighted by molar-refractivity contribution is 0.693. The molecule has 1 atom stereocenters. The van der Waals surface area contributed by atoms with E-state index in [4.69, 9.17) is 0 Å². The van der Waals surface area contributed by atoms with Gasteiger partial charge in [-0.05, 0) is 56.4 Å². The number of hydrogen-bond donors (Lipinski definition) is 1. The number of aryl methyl sites for hydroxylation is 1. The minimum Gasteiger partial charge on any atom is -0.382 e. The number of nitrogens with zero attached hydrogens (tertiary/aromatic N) is 1. The van der Waals surface area contributed by atoms with Crippen LogP contribution in [0.5, 0.6) is 0 Å². The zero-order valence-corrected chi connectivity index (χ0v) is 10.7. The number of anilines is 2. The summed E-state index contributed by atoms with van der Waals surface area (Å²) in [6.07, 6.45) is 2.78. The molecule has 1 aromatic rings. The highest BCUT2D eigenvalue weighted by Crippen LogP contribution is 2.34. The Labute approximate surface area is 98.7 Å². The number of benzene rings is 1. The smallest absolute Gasteiger partial charge is 0.0373 e. The molecule has 2 heteroatoms. The lowest BCUT2D eigenvalue weighted by atomic mass is 10.1. The summed E-state index contributed by atoms with van der Waals surface area (Å²) in [5, 5.41) is 3.62. The molecule has 1 saturated carbocycles. The van der Waals surface area contributed by atoms with Gasteiger partial charge in [0.1, 0.15) is 0 Å². The van der Waals surface area contributed by atoms with E-state index in [2.05, 4.69) is 56.4 Å². The predicted octanol–water partition coefficient (Wildman–Crippen LogP) is 3.27. The van der Waals surface area contributed by atoms with E-state index in [-0.39, 0.29) is 0 Å². The summed E-state index contributed by atoms with van der Waals surface area (Å²) >= 11 is 0. The molecule has 2 rings (SSSR count). The maximum Gasteiger partial charge on any atom is 0.0373 e. The number of hydrogen-bond acceptors (Lipinski definition) is 2. The molecule has 0 radical (unpaired) electrons. The molecule has 0 spiro atoms. The highest BCUT2D eigenvalue weighted by atomic mass is 15.1. The maximum absolute atomic E-state index is 3.62. The van der Waals surface area contributed by atoms with Crippen LogP contribution in [-0.2, 0) is 0 Å². The van der Waals surface area contributed by atoms with Crippen molar-refractivity contribution in [2.75, 3.05) is 24.3 Å². The molecule has 16 heavy (non-hydrogen) atoms. The normalized spacial score (nSPS) is 17.0. The van der Waals surface area contributed by atoms with E-state index in [1.807, 2.05) is 0 Å². The first-order valence-electron chi connectivity index (χ1n) is 6.12. The Morgan fingerprint density at radius 3 is 2.50 bits per heavy atom. The molecule has 0 saturated heterocycles. The van der Waals surface area contributed by atoms with Crippen molar-refractivity contribution in [2.24, 2.45) is 5.92 Å². The molecule has 0 amide bonds. The minimum absolute atomic E-state index is 0.615. The molecule has 0 bridgehead atoms. The Morgan fingerprint density at radius 2 is 2.00 bits per heavy atom. The van der Waals surface area contributed by atoms with E-state index in [9.17, 15) is 0 Å². The molecule has 1 fully saturated rings. The van der Waals surface area contributed by atoms with Crippen LogP contribution in [0.1, 0.15) is 25.3 Å². The van der Waals surface area contributed by atoms with Gasteiger partial charge in [-0.2, -0.15) is 0 Å². The van der Waals surface area contributed by atoms with Crippen LogP contribution in [0, 0.1) is 12.8 Å². The predicted molar refractivity (Wildman–Crippen MR) is 71.3 cm³/mol. The van der Waals surface area contributed by atoms with Crippen LogP contribution in [0.2, 0.25) is 0 Å². The zero-order chi connectivity index (χ0) is 11.7. The SMILES string of the molecule is Cc1cc(N(C)C)ccc1NC(C)C1CC1. The van der Waals surface area contributed by atoms with Gasteiger partial charge in [0, 0.05) is 31.5 Å². The lowest BCUT2D eigenvalue weighted by Crippen LogP contribution is -2.18. The first kappa shape index (κ1) is 11.3. The molecular formula is C14H22N2. The Kier molecular flexibility index (Phi) is 3.08. The van der Waals surface area contributed by atoms with Crippen molar-refractivity contribution in [2.45, 2.75) is 32.7 Å². The van der Waals surface area contributed by atoms with Crippen LogP contribution >= 0.6 is 0 Å². The quantitative estimate of drug-likeness (QED) is 0.834. The third-order valence-electron chi connectivity index (χ3n) is 3.44. The minimum atomic E-state index is 0.615. The van der Waals surface area contributed by atoms with Gasteiger partial charge in [-0.15, -0.1) is 0 Å². The van der Waals surface area contributed by atoms with Crippen molar-refractivity contribution in [3.8, 4) is 0 Å². The maximum atomic E-state index is 3.62. The van der Waals surface area contributed by atoms with Gasteiger partial charge in [0.2, 0.25) is 0 Å². The molecule has 0 heterocycles. The van der Waals surface area contributed by atoms with Crippen molar-refractivity contribution < 1.29 is 0 Å². The summed E-state index contributed by atoms with van der Waals surface area (Å²) in [7, 11) is 4.16. The van der Waals surface area contributed by atoms with Gasteiger partial charge in [0.05, 0.1) is 0 Å². The van der Waals surface area contributed by atoms with Crippen molar-refractivity contribution in [3.05, 3.63) is 23.8 Å². The average Bonchev–Trinajstić information content (AvgIpc) is 3.03. The van der Waals surface area contributed by atoms with Crippen molar-refractivity contribution in [1.29, 1.82) is 0 Å².